The van der Waals surface area contributed by atoms with Gasteiger partial charge in [-0.2, -0.15) is 5.26 Å². The summed E-state index contributed by atoms with van der Waals surface area (Å²) in [5.41, 5.74) is 0. The number of hydrogen-bond acceptors (Lipinski definition) is 2. The Morgan fingerprint density at radius 2 is 2.38 bits per heavy atom. The van der Waals surface area contributed by atoms with Crippen LogP contribution in [0.1, 0.15) is 13.3 Å². The number of methoxy groups -OCH3 is 1. The van der Waals surface area contributed by atoms with Gasteiger partial charge in [-0.25, -0.2) is 0 Å². The fraction of sp³-hybridized carbons (Fsp3) is 0.833. The molecule has 0 heterocycles. The minimum Gasteiger partial charge on any atom is -0.385 e. The van der Waals surface area contributed by atoms with Crippen molar-refractivity contribution in [1.29, 1.82) is 5.26 Å². The Bertz CT molecular complexity index is 85.0. The molecule has 0 aliphatic heterocycles. The van der Waals surface area contributed by atoms with Crippen LogP contribution < -0.4 is 0 Å². The second-order valence-electron chi connectivity index (χ2n) is 1.81. The molecule has 0 N–H and O–H groups in total. The standard InChI is InChI=1S/C6H11NO/c1-6(5-7)3-4-8-2/h6H,3-4H2,1-2H3. The Hall–Kier alpha value is -0.550. The van der Waals surface area contributed by atoms with E-state index >= 15 is 0 Å². The summed E-state index contributed by atoms with van der Waals surface area (Å²) in [5.74, 6) is 0.134. The topological polar surface area (TPSA) is 33.0 Å². The second kappa shape index (κ2) is 4.61. The molecule has 0 aliphatic rings. The molecule has 1 unspecified atom stereocenters. The van der Waals surface area contributed by atoms with Gasteiger partial charge in [-0.15, -0.1) is 0 Å². The zero-order valence-corrected chi connectivity index (χ0v) is 5.35. The first-order chi connectivity index (χ1) is 3.81. The van der Waals surface area contributed by atoms with Crippen molar-refractivity contribution in [3.8, 4) is 6.07 Å². The molecule has 0 saturated carbocycles. The highest BCUT2D eigenvalue weighted by molar-refractivity contribution is 4.77. The predicted octanol–water partition coefficient (Wildman–Crippen LogP) is 1.18. The van der Waals surface area contributed by atoms with E-state index in [2.05, 4.69) is 6.07 Å². The van der Waals surface area contributed by atoms with Crippen molar-refractivity contribution in [3.63, 3.8) is 0 Å². The van der Waals surface area contributed by atoms with Crippen LogP contribution in [0.5, 0.6) is 0 Å². The molecule has 1 atom stereocenters. The molecule has 0 bridgehead atoms. The van der Waals surface area contributed by atoms with Crippen molar-refractivity contribution < 1.29 is 4.74 Å². The molecule has 0 saturated heterocycles. The molecule has 2 heteroatoms. The molecule has 0 amide bonds. The minimum absolute atomic E-state index is 0.134. The lowest BCUT2D eigenvalue weighted by Gasteiger charge is -1.97. The zero-order valence-electron chi connectivity index (χ0n) is 5.35. The largest absolute Gasteiger partial charge is 0.385 e. The fourth-order valence-electron chi connectivity index (χ4n) is 0.359. The number of nitriles is 1. The summed E-state index contributed by atoms with van der Waals surface area (Å²) in [7, 11) is 1.64. The summed E-state index contributed by atoms with van der Waals surface area (Å²) < 4.78 is 4.76. The van der Waals surface area contributed by atoms with E-state index in [1.165, 1.54) is 0 Å². The average molecular weight is 113 g/mol. The van der Waals surface area contributed by atoms with Gasteiger partial charge in [0.05, 0.1) is 6.07 Å². The van der Waals surface area contributed by atoms with E-state index < -0.39 is 0 Å². The summed E-state index contributed by atoms with van der Waals surface area (Å²) in [6, 6.07) is 2.12. The number of hydrogen-bond donors (Lipinski definition) is 0. The summed E-state index contributed by atoms with van der Waals surface area (Å²) in [6.45, 7) is 2.58. The van der Waals surface area contributed by atoms with Crippen molar-refractivity contribution in [2.24, 2.45) is 5.92 Å². The lowest BCUT2D eigenvalue weighted by Crippen LogP contribution is -1.95. The molecule has 46 valence electrons. The second-order valence-corrected chi connectivity index (χ2v) is 1.81. The van der Waals surface area contributed by atoms with Crippen LogP contribution in [0.15, 0.2) is 0 Å². The van der Waals surface area contributed by atoms with Gasteiger partial charge >= 0.3 is 0 Å². The maximum atomic E-state index is 8.26. The van der Waals surface area contributed by atoms with Gasteiger partial charge in [-0.05, 0) is 13.3 Å². The Morgan fingerprint density at radius 3 is 2.75 bits per heavy atom. The maximum absolute atomic E-state index is 8.26. The van der Waals surface area contributed by atoms with Gasteiger partial charge in [0, 0.05) is 19.6 Å². The highest BCUT2D eigenvalue weighted by Gasteiger charge is 1.95. The maximum Gasteiger partial charge on any atom is 0.0653 e. The number of rotatable bonds is 3. The molecule has 0 spiro atoms. The summed E-state index contributed by atoms with van der Waals surface area (Å²) in [4.78, 5) is 0. The predicted molar refractivity (Wildman–Crippen MR) is 31.3 cm³/mol. The highest BCUT2D eigenvalue weighted by Crippen LogP contribution is 1.97. The van der Waals surface area contributed by atoms with Gasteiger partial charge in [0.15, 0.2) is 0 Å². The minimum atomic E-state index is 0.134. The van der Waals surface area contributed by atoms with E-state index in [0.29, 0.717) is 6.61 Å². The van der Waals surface area contributed by atoms with Gasteiger partial charge in [0.1, 0.15) is 0 Å². The van der Waals surface area contributed by atoms with Gasteiger partial charge < -0.3 is 4.74 Å². The molecular formula is C6H11NO. The lowest BCUT2D eigenvalue weighted by atomic mass is 10.1. The van der Waals surface area contributed by atoms with Crippen LogP contribution in [0.2, 0.25) is 0 Å². The molecule has 0 aromatic rings. The van der Waals surface area contributed by atoms with Crippen LogP contribution in [0.25, 0.3) is 0 Å². The average Bonchev–Trinajstić information content (AvgIpc) is 1.83. The summed E-state index contributed by atoms with van der Waals surface area (Å²) in [5, 5.41) is 8.26. The number of ether oxygens (including phenoxy) is 1. The lowest BCUT2D eigenvalue weighted by molar-refractivity contribution is 0.187. The molecule has 2 nitrogen and oxygen atoms in total. The van der Waals surface area contributed by atoms with Crippen LogP contribution in [0, 0.1) is 17.2 Å². The normalized spacial score (nSPS) is 12.6. The van der Waals surface area contributed by atoms with Crippen molar-refractivity contribution in [3.05, 3.63) is 0 Å². The molecule has 0 aliphatic carbocycles. The molecule has 0 rings (SSSR count). The molecule has 0 fully saturated rings. The first-order valence-corrected chi connectivity index (χ1v) is 2.69. The number of nitrogens with zero attached hydrogens (tertiary/aromatic N) is 1. The first kappa shape index (κ1) is 7.45. The van der Waals surface area contributed by atoms with Crippen LogP contribution in [0.3, 0.4) is 0 Å². The van der Waals surface area contributed by atoms with Gasteiger partial charge in [-0.3, -0.25) is 0 Å². The van der Waals surface area contributed by atoms with Gasteiger partial charge in [0.2, 0.25) is 0 Å². The van der Waals surface area contributed by atoms with Gasteiger partial charge in [0.25, 0.3) is 0 Å². The smallest absolute Gasteiger partial charge is 0.0653 e. The quantitative estimate of drug-likeness (QED) is 0.550. The first-order valence-electron chi connectivity index (χ1n) is 2.69. The molecule has 0 radical (unpaired) electrons. The molecule has 0 aromatic carbocycles. The van der Waals surface area contributed by atoms with Crippen LogP contribution in [-0.2, 0) is 4.74 Å². The highest BCUT2D eigenvalue weighted by atomic mass is 16.5. The SMILES string of the molecule is COCCC(C)C#N. The van der Waals surface area contributed by atoms with Gasteiger partial charge in [-0.1, -0.05) is 0 Å². The van der Waals surface area contributed by atoms with Crippen LogP contribution >= 0.6 is 0 Å². The molecule has 0 aromatic heterocycles. The van der Waals surface area contributed by atoms with E-state index in [9.17, 15) is 0 Å². The zero-order chi connectivity index (χ0) is 6.41. The van der Waals surface area contributed by atoms with E-state index in [1.54, 1.807) is 7.11 Å². The summed E-state index contributed by atoms with van der Waals surface area (Å²) in [6.07, 6.45) is 0.840. The van der Waals surface area contributed by atoms with Crippen molar-refractivity contribution in [2.75, 3.05) is 13.7 Å². The van der Waals surface area contributed by atoms with Crippen molar-refractivity contribution in [1.82, 2.24) is 0 Å². The third-order valence-electron chi connectivity index (χ3n) is 0.975. The van der Waals surface area contributed by atoms with Crippen LogP contribution in [-0.4, -0.2) is 13.7 Å². The van der Waals surface area contributed by atoms with E-state index in [-0.39, 0.29) is 5.92 Å². The Kier molecular flexibility index (Phi) is 4.29. The van der Waals surface area contributed by atoms with E-state index in [4.69, 9.17) is 10.00 Å². The monoisotopic (exact) mass is 113 g/mol. The van der Waals surface area contributed by atoms with Crippen LogP contribution in [0.4, 0.5) is 0 Å². The molecule has 8 heavy (non-hydrogen) atoms. The van der Waals surface area contributed by atoms with Crippen molar-refractivity contribution >= 4 is 0 Å². The fourth-order valence-corrected chi connectivity index (χ4v) is 0.359. The third kappa shape index (κ3) is 3.63. The third-order valence-corrected chi connectivity index (χ3v) is 0.975. The Labute approximate surface area is 50.1 Å². The summed E-state index contributed by atoms with van der Waals surface area (Å²) >= 11 is 0. The Morgan fingerprint density at radius 1 is 1.75 bits per heavy atom. The van der Waals surface area contributed by atoms with E-state index in [0.717, 1.165) is 6.42 Å². The Balaban J connectivity index is 3.02. The molecular weight excluding hydrogens is 102 g/mol. The van der Waals surface area contributed by atoms with E-state index in [1.807, 2.05) is 6.92 Å². The van der Waals surface area contributed by atoms with Crippen molar-refractivity contribution in [2.45, 2.75) is 13.3 Å².